The molecule has 0 radical (unpaired) electrons. The monoisotopic (exact) mass is 274 g/mol. The van der Waals surface area contributed by atoms with E-state index in [1.165, 1.54) is 0 Å². The van der Waals surface area contributed by atoms with Crippen molar-refractivity contribution in [2.24, 2.45) is 0 Å². The van der Waals surface area contributed by atoms with E-state index in [-0.39, 0.29) is 12.1 Å². The van der Waals surface area contributed by atoms with Gasteiger partial charge in [0.15, 0.2) is 0 Å². The number of carboxylic acid groups (broad SMARTS) is 1. The van der Waals surface area contributed by atoms with Gasteiger partial charge >= 0.3 is 12.0 Å². The van der Waals surface area contributed by atoms with Gasteiger partial charge in [-0.15, -0.1) is 0 Å². The van der Waals surface area contributed by atoms with Crippen LogP contribution in [0.5, 0.6) is 0 Å². The summed E-state index contributed by atoms with van der Waals surface area (Å²) >= 11 is 0. The van der Waals surface area contributed by atoms with Crippen LogP contribution in [0.15, 0.2) is 0 Å². The molecule has 0 spiro atoms. The Balaban J connectivity index is 4.63. The molecule has 0 bridgehead atoms. The number of carbonyl (C=O) groups excluding carboxylic acids is 1. The predicted molar refractivity (Wildman–Crippen MR) is 73.2 cm³/mol. The molecule has 19 heavy (non-hydrogen) atoms. The predicted octanol–water partition coefficient (Wildman–Crippen LogP) is 1.70. The number of carboxylic acids is 1. The van der Waals surface area contributed by atoms with Gasteiger partial charge in [-0.1, -0.05) is 20.3 Å². The smallest absolute Gasteiger partial charge is 0.326 e. The van der Waals surface area contributed by atoms with E-state index in [1.54, 1.807) is 12.0 Å². The third-order valence-electron chi connectivity index (χ3n) is 3.09. The molecular formula is C13H26N2O4. The van der Waals surface area contributed by atoms with Gasteiger partial charge in [-0.25, -0.2) is 9.59 Å². The largest absolute Gasteiger partial charge is 0.480 e. The molecule has 1 unspecified atom stereocenters. The zero-order valence-electron chi connectivity index (χ0n) is 12.3. The first-order valence-electron chi connectivity index (χ1n) is 6.76. The van der Waals surface area contributed by atoms with Crippen LogP contribution < -0.4 is 5.32 Å². The maximum Gasteiger partial charge on any atom is 0.326 e. The molecule has 0 heterocycles. The molecule has 2 amide bonds. The number of amides is 2. The van der Waals surface area contributed by atoms with Crippen LogP contribution in [0.3, 0.4) is 0 Å². The molecule has 2 atom stereocenters. The van der Waals surface area contributed by atoms with Crippen molar-refractivity contribution in [1.82, 2.24) is 10.2 Å². The zero-order chi connectivity index (χ0) is 14.8. The lowest BCUT2D eigenvalue weighted by Crippen LogP contribution is -2.51. The number of ether oxygens (including phenoxy) is 1. The number of hydrogen-bond acceptors (Lipinski definition) is 3. The van der Waals surface area contributed by atoms with Gasteiger partial charge in [0.1, 0.15) is 6.04 Å². The molecule has 112 valence electrons. The lowest BCUT2D eigenvalue weighted by molar-refractivity contribution is -0.139. The fourth-order valence-electron chi connectivity index (χ4n) is 1.71. The quantitative estimate of drug-likeness (QED) is 0.670. The molecule has 2 N–H and O–H groups in total. The number of nitrogens with one attached hydrogen (secondary N) is 1. The van der Waals surface area contributed by atoms with Gasteiger partial charge in [0.2, 0.25) is 0 Å². The van der Waals surface area contributed by atoms with Gasteiger partial charge in [0, 0.05) is 19.7 Å². The molecule has 0 fully saturated rings. The zero-order valence-corrected chi connectivity index (χ0v) is 12.3. The summed E-state index contributed by atoms with van der Waals surface area (Å²) < 4.78 is 4.98. The summed E-state index contributed by atoms with van der Waals surface area (Å²) in [6, 6.07) is -1.12. The Kier molecular flexibility index (Phi) is 8.95. The van der Waals surface area contributed by atoms with Gasteiger partial charge in [-0.3, -0.25) is 0 Å². The van der Waals surface area contributed by atoms with Crippen LogP contribution in [0.1, 0.15) is 40.0 Å². The normalized spacial score (nSPS) is 13.7. The van der Waals surface area contributed by atoms with Gasteiger partial charge in [0.25, 0.3) is 0 Å². The van der Waals surface area contributed by atoms with Crippen molar-refractivity contribution < 1.29 is 19.4 Å². The van der Waals surface area contributed by atoms with Gasteiger partial charge in [0.05, 0.1) is 6.61 Å². The Morgan fingerprint density at radius 3 is 2.42 bits per heavy atom. The van der Waals surface area contributed by atoms with E-state index in [2.05, 4.69) is 5.32 Å². The van der Waals surface area contributed by atoms with Crippen molar-refractivity contribution in [3.05, 3.63) is 0 Å². The van der Waals surface area contributed by atoms with Crippen LogP contribution in [0.25, 0.3) is 0 Å². The van der Waals surface area contributed by atoms with E-state index in [0.717, 1.165) is 6.42 Å². The van der Waals surface area contributed by atoms with Crippen molar-refractivity contribution in [2.45, 2.75) is 52.1 Å². The van der Waals surface area contributed by atoms with E-state index in [9.17, 15) is 9.59 Å². The number of aliphatic carboxylic acids is 1. The Bertz CT molecular complexity index is 284. The molecular weight excluding hydrogens is 248 g/mol. The molecule has 0 aromatic rings. The molecule has 0 aliphatic rings. The van der Waals surface area contributed by atoms with Crippen LogP contribution in [0.2, 0.25) is 0 Å². The second-order valence-electron chi connectivity index (χ2n) is 4.57. The first-order valence-corrected chi connectivity index (χ1v) is 6.76. The summed E-state index contributed by atoms with van der Waals surface area (Å²) in [6.45, 7) is 6.70. The number of methoxy groups -OCH3 is 1. The number of carbonyl (C=O) groups is 2. The first kappa shape index (κ1) is 17.7. The maximum atomic E-state index is 12.1. The summed E-state index contributed by atoms with van der Waals surface area (Å²) in [6.07, 6.45) is 1.95. The van der Waals surface area contributed by atoms with Crippen LogP contribution in [0.4, 0.5) is 4.79 Å². The standard InChI is InChI=1S/C13H26N2O4/c1-5-7-11(12(16)17)14-13(18)15(8-9-19-4)10(3)6-2/h10-11H,5-9H2,1-4H3,(H,14,18)(H,16,17)/t10?,11-/m1/s1. The lowest BCUT2D eigenvalue weighted by Gasteiger charge is -2.29. The summed E-state index contributed by atoms with van der Waals surface area (Å²) in [7, 11) is 1.57. The van der Waals surface area contributed by atoms with E-state index < -0.39 is 12.0 Å². The average molecular weight is 274 g/mol. The molecule has 0 rings (SSSR count). The third-order valence-corrected chi connectivity index (χ3v) is 3.09. The number of hydrogen-bond donors (Lipinski definition) is 2. The molecule has 0 saturated carbocycles. The van der Waals surface area contributed by atoms with E-state index >= 15 is 0 Å². The Morgan fingerprint density at radius 2 is 2.00 bits per heavy atom. The number of urea groups is 1. The summed E-state index contributed by atoms with van der Waals surface area (Å²) in [5, 5.41) is 11.6. The number of nitrogens with zero attached hydrogens (tertiary/aromatic N) is 1. The van der Waals surface area contributed by atoms with Crippen LogP contribution in [0, 0.1) is 0 Å². The first-order chi connectivity index (χ1) is 8.97. The van der Waals surface area contributed by atoms with Crippen LogP contribution in [-0.2, 0) is 9.53 Å². The minimum atomic E-state index is -0.994. The fourth-order valence-corrected chi connectivity index (χ4v) is 1.71. The van der Waals surface area contributed by atoms with Crippen molar-refractivity contribution in [3.8, 4) is 0 Å². The minimum Gasteiger partial charge on any atom is -0.480 e. The topological polar surface area (TPSA) is 78.9 Å². The van der Waals surface area contributed by atoms with Crippen molar-refractivity contribution in [2.75, 3.05) is 20.3 Å². The van der Waals surface area contributed by atoms with Crippen molar-refractivity contribution in [3.63, 3.8) is 0 Å². The average Bonchev–Trinajstić information content (AvgIpc) is 2.38. The second-order valence-corrected chi connectivity index (χ2v) is 4.57. The Labute approximate surface area is 115 Å². The van der Waals surface area contributed by atoms with Crippen molar-refractivity contribution in [1.29, 1.82) is 0 Å². The highest BCUT2D eigenvalue weighted by molar-refractivity contribution is 5.82. The summed E-state index contributed by atoms with van der Waals surface area (Å²) in [5.41, 5.74) is 0. The molecule has 0 aliphatic carbocycles. The summed E-state index contributed by atoms with van der Waals surface area (Å²) in [4.78, 5) is 24.8. The molecule has 0 aromatic heterocycles. The number of rotatable bonds is 9. The molecule has 6 heteroatoms. The molecule has 0 saturated heterocycles. The van der Waals surface area contributed by atoms with E-state index in [4.69, 9.17) is 9.84 Å². The van der Waals surface area contributed by atoms with Gasteiger partial charge < -0.3 is 20.1 Å². The molecule has 6 nitrogen and oxygen atoms in total. The highest BCUT2D eigenvalue weighted by atomic mass is 16.5. The summed E-state index contributed by atoms with van der Waals surface area (Å²) in [5.74, 6) is -0.994. The maximum absolute atomic E-state index is 12.1. The van der Waals surface area contributed by atoms with Crippen LogP contribution in [-0.4, -0.2) is 54.4 Å². The van der Waals surface area contributed by atoms with E-state index in [1.807, 2.05) is 20.8 Å². The highest BCUT2D eigenvalue weighted by Gasteiger charge is 2.24. The fraction of sp³-hybridized carbons (Fsp3) is 0.846. The SMILES string of the molecule is CCC[C@@H](NC(=O)N(CCOC)C(C)CC)C(=O)O. The van der Waals surface area contributed by atoms with E-state index in [0.29, 0.717) is 26.0 Å². The molecule has 0 aliphatic heterocycles. The van der Waals surface area contributed by atoms with Crippen molar-refractivity contribution >= 4 is 12.0 Å². The Morgan fingerprint density at radius 1 is 1.37 bits per heavy atom. The molecule has 0 aromatic carbocycles. The van der Waals surface area contributed by atoms with Gasteiger partial charge in [-0.05, 0) is 19.8 Å². The van der Waals surface area contributed by atoms with Gasteiger partial charge in [-0.2, -0.15) is 0 Å². The highest BCUT2D eigenvalue weighted by Crippen LogP contribution is 2.06. The second kappa shape index (κ2) is 9.61. The Hall–Kier alpha value is -1.30. The van der Waals surface area contributed by atoms with Crippen LogP contribution >= 0.6 is 0 Å². The lowest BCUT2D eigenvalue weighted by atomic mass is 10.1. The third kappa shape index (κ3) is 6.42. The minimum absolute atomic E-state index is 0.0474.